The van der Waals surface area contributed by atoms with E-state index in [0.29, 0.717) is 10.7 Å². The molecule has 1 aromatic rings. The Hall–Kier alpha value is -1.44. The van der Waals surface area contributed by atoms with E-state index in [1.807, 2.05) is 6.92 Å². The normalized spacial score (nSPS) is 14.4. The molecule has 0 radical (unpaired) electrons. The van der Waals surface area contributed by atoms with Crippen LogP contribution in [0, 0.1) is 6.92 Å². The zero-order valence-corrected chi connectivity index (χ0v) is 14.1. The second-order valence-electron chi connectivity index (χ2n) is 4.68. The molecule has 1 N–H and O–H groups in total. The number of amides is 3. The SMILES string of the molecule is Cc1ccc(Cl)cc1NC(=O)CSC(=S)N1C(=O)CCC1=O. The summed E-state index contributed by atoms with van der Waals surface area (Å²) in [4.78, 5) is 36.0. The zero-order chi connectivity index (χ0) is 16.3. The van der Waals surface area contributed by atoms with Crippen LogP contribution in [-0.4, -0.2) is 32.7 Å². The molecule has 22 heavy (non-hydrogen) atoms. The van der Waals surface area contributed by atoms with Gasteiger partial charge in [0.2, 0.25) is 17.7 Å². The van der Waals surface area contributed by atoms with Crippen molar-refractivity contribution >= 4 is 63.3 Å². The van der Waals surface area contributed by atoms with Gasteiger partial charge in [0.1, 0.15) is 4.32 Å². The Kier molecular flexibility index (Phi) is 5.55. The van der Waals surface area contributed by atoms with E-state index in [-0.39, 0.29) is 40.6 Å². The molecule has 0 saturated carbocycles. The average molecular weight is 357 g/mol. The molecule has 2 rings (SSSR count). The van der Waals surface area contributed by atoms with Crippen molar-refractivity contribution in [3.8, 4) is 0 Å². The van der Waals surface area contributed by atoms with Crippen molar-refractivity contribution < 1.29 is 14.4 Å². The Balaban J connectivity index is 1.90. The summed E-state index contributed by atoms with van der Waals surface area (Å²) in [6.45, 7) is 1.85. The van der Waals surface area contributed by atoms with Gasteiger partial charge in [0.05, 0.1) is 5.75 Å². The van der Waals surface area contributed by atoms with Crippen LogP contribution in [0.3, 0.4) is 0 Å². The summed E-state index contributed by atoms with van der Waals surface area (Å²) in [5, 5.41) is 3.25. The molecule has 0 unspecified atom stereocenters. The highest BCUT2D eigenvalue weighted by Gasteiger charge is 2.32. The first kappa shape index (κ1) is 16.9. The number of thioether (sulfide) groups is 1. The van der Waals surface area contributed by atoms with Crippen molar-refractivity contribution in [3.05, 3.63) is 28.8 Å². The second kappa shape index (κ2) is 7.21. The standard InChI is InChI=1S/C14H13ClN2O3S2/c1-8-2-3-9(15)6-10(8)16-11(18)7-22-14(21)17-12(19)4-5-13(17)20/h2-3,6H,4-5,7H2,1H3,(H,16,18). The Labute approximate surface area is 142 Å². The third-order valence-electron chi connectivity index (χ3n) is 3.03. The molecule has 0 aliphatic carbocycles. The molecular formula is C14H13ClN2O3S2. The fourth-order valence-corrected chi connectivity index (χ4v) is 3.10. The van der Waals surface area contributed by atoms with Gasteiger partial charge < -0.3 is 5.32 Å². The van der Waals surface area contributed by atoms with Crippen LogP contribution in [0.1, 0.15) is 18.4 Å². The van der Waals surface area contributed by atoms with E-state index in [4.69, 9.17) is 23.8 Å². The maximum Gasteiger partial charge on any atom is 0.235 e. The molecular weight excluding hydrogens is 344 g/mol. The lowest BCUT2D eigenvalue weighted by molar-refractivity contribution is -0.133. The Morgan fingerprint density at radius 3 is 2.64 bits per heavy atom. The number of carbonyl (C=O) groups excluding carboxylic acids is 3. The van der Waals surface area contributed by atoms with Crippen LogP contribution in [0.15, 0.2) is 18.2 Å². The molecule has 0 atom stereocenters. The van der Waals surface area contributed by atoms with Crippen molar-refractivity contribution in [2.24, 2.45) is 0 Å². The van der Waals surface area contributed by atoms with Crippen LogP contribution in [0.5, 0.6) is 0 Å². The fourth-order valence-electron chi connectivity index (χ4n) is 1.89. The number of nitrogens with zero attached hydrogens (tertiary/aromatic N) is 1. The first-order chi connectivity index (χ1) is 10.4. The summed E-state index contributed by atoms with van der Waals surface area (Å²) in [5.41, 5.74) is 1.51. The number of halogens is 1. The van der Waals surface area contributed by atoms with E-state index in [1.165, 1.54) is 0 Å². The van der Waals surface area contributed by atoms with Crippen molar-refractivity contribution in [1.82, 2.24) is 4.90 Å². The van der Waals surface area contributed by atoms with Gasteiger partial charge in [0.15, 0.2) is 0 Å². The molecule has 0 aromatic heterocycles. The highest BCUT2D eigenvalue weighted by atomic mass is 35.5. The minimum atomic E-state index is -0.311. The van der Waals surface area contributed by atoms with E-state index < -0.39 is 0 Å². The number of anilines is 1. The first-order valence-corrected chi connectivity index (χ1v) is 8.24. The Bertz CT molecular complexity index is 647. The van der Waals surface area contributed by atoms with Gasteiger partial charge in [-0.05, 0) is 24.6 Å². The molecule has 1 heterocycles. The highest BCUT2D eigenvalue weighted by Crippen LogP contribution is 2.22. The van der Waals surface area contributed by atoms with Crippen LogP contribution in [0.2, 0.25) is 5.02 Å². The molecule has 1 aliphatic rings. The molecule has 1 fully saturated rings. The zero-order valence-electron chi connectivity index (χ0n) is 11.7. The average Bonchev–Trinajstić information content (AvgIpc) is 2.80. The topological polar surface area (TPSA) is 66.5 Å². The van der Waals surface area contributed by atoms with Gasteiger partial charge in [-0.2, -0.15) is 0 Å². The van der Waals surface area contributed by atoms with E-state index in [1.54, 1.807) is 18.2 Å². The molecule has 0 bridgehead atoms. The van der Waals surface area contributed by atoms with Crippen LogP contribution >= 0.6 is 35.6 Å². The molecule has 1 aliphatic heterocycles. The van der Waals surface area contributed by atoms with Gasteiger partial charge in [-0.3, -0.25) is 14.4 Å². The second-order valence-corrected chi connectivity index (χ2v) is 6.73. The van der Waals surface area contributed by atoms with E-state index in [9.17, 15) is 14.4 Å². The van der Waals surface area contributed by atoms with Gasteiger partial charge in [0.25, 0.3) is 0 Å². The summed E-state index contributed by atoms with van der Waals surface area (Å²) >= 11 is 11.9. The first-order valence-electron chi connectivity index (χ1n) is 6.47. The number of rotatable bonds is 3. The van der Waals surface area contributed by atoms with Gasteiger partial charge in [-0.1, -0.05) is 41.6 Å². The van der Waals surface area contributed by atoms with Gasteiger partial charge in [0, 0.05) is 23.6 Å². The van der Waals surface area contributed by atoms with Crippen LogP contribution in [0.25, 0.3) is 0 Å². The van der Waals surface area contributed by atoms with Crippen molar-refractivity contribution in [3.63, 3.8) is 0 Å². The van der Waals surface area contributed by atoms with E-state index in [2.05, 4.69) is 5.32 Å². The van der Waals surface area contributed by atoms with E-state index in [0.717, 1.165) is 22.2 Å². The van der Waals surface area contributed by atoms with Gasteiger partial charge >= 0.3 is 0 Å². The van der Waals surface area contributed by atoms with Crippen molar-refractivity contribution in [2.75, 3.05) is 11.1 Å². The third kappa shape index (κ3) is 4.06. The maximum atomic E-state index is 11.9. The smallest absolute Gasteiger partial charge is 0.235 e. The lowest BCUT2D eigenvalue weighted by atomic mass is 10.2. The lowest BCUT2D eigenvalue weighted by Gasteiger charge is -2.14. The van der Waals surface area contributed by atoms with Gasteiger partial charge in [-0.15, -0.1) is 0 Å². The molecule has 0 spiro atoms. The fraction of sp³-hybridized carbons (Fsp3) is 0.286. The summed E-state index contributed by atoms with van der Waals surface area (Å²) in [5.74, 6) is -0.888. The maximum absolute atomic E-state index is 11.9. The Morgan fingerprint density at radius 1 is 1.36 bits per heavy atom. The predicted molar refractivity (Wildman–Crippen MR) is 91.0 cm³/mol. The van der Waals surface area contributed by atoms with Crippen LogP contribution < -0.4 is 5.32 Å². The van der Waals surface area contributed by atoms with Crippen LogP contribution in [-0.2, 0) is 14.4 Å². The minimum Gasteiger partial charge on any atom is -0.325 e. The molecule has 1 aromatic carbocycles. The number of imide groups is 1. The van der Waals surface area contributed by atoms with Crippen molar-refractivity contribution in [2.45, 2.75) is 19.8 Å². The summed E-state index contributed by atoms with van der Waals surface area (Å²) < 4.78 is 0.116. The Morgan fingerprint density at radius 2 is 2.00 bits per heavy atom. The molecule has 8 heteroatoms. The number of benzene rings is 1. The third-order valence-corrected chi connectivity index (χ3v) is 4.64. The number of thiocarbonyl (C=S) groups is 1. The van der Waals surface area contributed by atoms with Gasteiger partial charge in [-0.25, -0.2) is 4.90 Å². The molecule has 1 saturated heterocycles. The largest absolute Gasteiger partial charge is 0.325 e. The van der Waals surface area contributed by atoms with E-state index >= 15 is 0 Å². The monoisotopic (exact) mass is 356 g/mol. The highest BCUT2D eigenvalue weighted by molar-refractivity contribution is 8.23. The summed E-state index contributed by atoms with van der Waals surface area (Å²) in [7, 11) is 0. The van der Waals surface area contributed by atoms with Crippen LogP contribution in [0.4, 0.5) is 5.69 Å². The number of carbonyl (C=O) groups is 3. The number of hydrogen-bond donors (Lipinski definition) is 1. The summed E-state index contributed by atoms with van der Waals surface area (Å²) in [6, 6.07) is 5.20. The number of likely N-dealkylation sites (tertiary alicyclic amines) is 1. The lowest BCUT2D eigenvalue weighted by Crippen LogP contribution is -2.33. The van der Waals surface area contributed by atoms with Crippen molar-refractivity contribution in [1.29, 1.82) is 0 Å². The number of aryl methyl sites for hydroxylation is 1. The molecule has 3 amide bonds. The number of hydrogen-bond acceptors (Lipinski definition) is 5. The number of nitrogens with one attached hydrogen (secondary N) is 1. The minimum absolute atomic E-state index is 0.0157. The molecule has 5 nitrogen and oxygen atoms in total. The summed E-state index contributed by atoms with van der Waals surface area (Å²) in [6.07, 6.45) is 0.348. The molecule has 116 valence electrons. The predicted octanol–water partition coefficient (Wildman–Crippen LogP) is 2.75. The quantitative estimate of drug-likeness (QED) is 0.666.